The van der Waals surface area contributed by atoms with E-state index in [1.54, 1.807) is 13.0 Å². The SMILES string of the molecule is Cc1cc(NC2CCCCCCC2)ncc1[N+](=O)[O-]. The number of pyridine rings is 1. The van der Waals surface area contributed by atoms with E-state index >= 15 is 0 Å². The number of nitrogens with one attached hydrogen (secondary N) is 1. The second-order valence-electron chi connectivity index (χ2n) is 5.30. The fraction of sp³-hybridized carbons (Fsp3) is 0.643. The van der Waals surface area contributed by atoms with Crippen molar-refractivity contribution in [3.63, 3.8) is 0 Å². The van der Waals surface area contributed by atoms with Crippen LogP contribution in [0.5, 0.6) is 0 Å². The zero-order chi connectivity index (χ0) is 13.7. The van der Waals surface area contributed by atoms with Crippen LogP contribution >= 0.6 is 0 Å². The van der Waals surface area contributed by atoms with Gasteiger partial charge in [-0.25, -0.2) is 4.98 Å². The Bertz CT molecular complexity index is 440. The number of aromatic nitrogens is 1. The second kappa shape index (κ2) is 6.50. The molecule has 0 unspecified atom stereocenters. The predicted octanol–water partition coefficient (Wildman–Crippen LogP) is 3.82. The number of aryl methyl sites for hydroxylation is 1. The summed E-state index contributed by atoms with van der Waals surface area (Å²) in [4.78, 5) is 14.5. The van der Waals surface area contributed by atoms with E-state index in [1.807, 2.05) is 0 Å². The van der Waals surface area contributed by atoms with Crippen LogP contribution in [-0.2, 0) is 0 Å². The van der Waals surface area contributed by atoms with Crippen molar-refractivity contribution in [1.82, 2.24) is 4.98 Å². The van der Waals surface area contributed by atoms with Gasteiger partial charge >= 0.3 is 0 Å². The van der Waals surface area contributed by atoms with Crippen LogP contribution in [0, 0.1) is 17.0 Å². The molecule has 1 N–H and O–H groups in total. The lowest BCUT2D eigenvalue weighted by molar-refractivity contribution is -0.385. The molecule has 1 aliphatic rings. The van der Waals surface area contributed by atoms with Gasteiger partial charge in [-0.3, -0.25) is 10.1 Å². The van der Waals surface area contributed by atoms with Crippen molar-refractivity contribution in [2.45, 2.75) is 57.9 Å². The van der Waals surface area contributed by atoms with E-state index in [2.05, 4.69) is 10.3 Å². The lowest BCUT2D eigenvalue weighted by Crippen LogP contribution is -2.21. The van der Waals surface area contributed by atoms with Crippen LogP contribution in [0.1, 0.15) is 50.5 Å². The van der Waals surface area contributed by atoms with E-state index in [0.29, 0.717) is 11.6 Å². The smallest absolute Gasteiger partial charge is 0.290 e. The maximum atomic E-state index is 10.8. The largest absolute Gasteiger partial charge is 0.367 e. The van der Waals surface area contributed by atoms with Gasteiger partial charge in [0.1, 0.15) is 12.0 Å². The van der Waals surface area contributed by atoms with Crippen molar-refractivity contribution in [1.29, 1.82) is 0 Å². The number of hydrogen-bond donors (Lipinski definition) is 1. The van der Waals surface area contributed by atoms with Crippen molar-refractivity contribution in [3.05, 3.63) is 27.9 Å². The summed E-state index contributed by atoms with van der Waals surface area (Å²) in [6.45, 7) is 1.75. The molecule has 0 atom stereocenters. The number of hydrogen-bond acceptors (Lipinski definition) is 4. The molecule has 0 aromatic carbocycles. The van der Waals surface area contributed by atoms with Gasteiger partial charge in [-0.1, -0.05) is 32.1 Å². The Morgan fingerprint density at radius 1 is 1.26 bits per heavy atom. The molecule has 1 fully saturated rings. The molecule has 1 saturated carbocycles. The number of rotatable bonds is 3. The monoisotopic (exact) mass is 263 g/mol. The quantitative estimate of drug-likeness (QED) is 0.665. The van der Waals surface area contributed by atoms with Crippen LogP contribution in [0.2, 0.25) is 0 Å². The van der Waals surface area contributed by atoms with Crippen molar-refractivity contribution in [3.8, 4) is 0 Å². The van der Waals surface area contributed by atoms with Gasteiger partial charge in [0.2, 0.25) is 0 Å². The van der Waals surface area contributed by atoms with Gasteiger partial charge in [-0.05, 0) is 25.8 Å². The lowest BCUT2D eigenvalue weighted by atomic mass is 9.97. The molecule has 1 aromatic heterocycles. The summed E-state index contributed by atoms with van der Waals surface area (Å²) in [7, 11) is 0. The minimum absolute atomic E-state index is 0.0863. The number of nitro groups is 1. The van der Waals surface area contributed by atoms with Crippen LogP contribution < -0.4 is 5.32 Å². The average Bonchev–Trinajstić information content (AvgIpc) is 2.32. The molecule has 5 heteroatoms. The molecule has 0 spiro atoms. The molecule has 0 amide bonds. The first-order chi connectivity index (χ1) is 9.16. The van der Waals surface area contributed by atoms with Crippen molar-refractivity contribution in [2.75, 3.05) is 5.32 Å². The number of nitrogens with zero attached hydrogens (tertiary/aromatic N) is 2. The zero-order valence-electron chi connectivity index (χ0n) is 11.4. The van der Waals surface area contributed by atoms with E-state index in [1.165, 1.54) is 38.3 Å². The van der Waals surface area contributed by atoms with Gasteiger partial charge in [-0.2, -0.15) is 0 Å². The molecule has 1 aromatic rings. The second-order valence-corrected chi connectivity index (χ2v) is 5.30. The highest BCUT2D eigenvalue weighted by Gasteiger charge is 2.15. The predicted molar refractivity (Wildman–Crippen MR) is 75.4 cm³/mol. The third-order valence-corrected chi connectivity index (χ3v) is 3.74. The summed E-state index contributed by atoms with van der Waals surface area (Å²) in [6.07, 6.45) is 10.2. The lowest BCUT2D eigenvalue weighted by Gasteiger charge is -2.21. The Morgan fingerprint density at radius 3 is 2.47 bits per heavy atom. The molecule has 19 heavy (non-hydrogen) atoms. The summed E-state index contributed by atoms with van der Waals surface area (Å²) in [5.74, 6) is 0.758. The summed E-state index contributed by atoms with van der Waals surface area (Å²) < 4.78 is 0. The molecule has 0 bridgehead atoms. The highest BCUT2D eigenvalue weighted by atomic mass is 16.6. The van der Waals surface area contributed by atoms with Crippen LogP contribution in [0.15, 0.2) is 12.3 Å². The topological polar surface area (TPSA) is 68.1 Å². The first-order valence-electron chi connectivity index (χ1n) is 7.04. The van der Waals surface area contributed by atoms with Gasteiger partial charge in [0, 0.05) is 11.6 Å². The van der Waals surface area contributed by atoms with Crippen molar-refractivity contribution < 1.29 is 4.92 Å². The molecule has 0 saturated heterocycles. The zero-order valence-corrected chi connectivity index (χ0v) is 11.4. The first-order valence-corrected chi connectivity index (χ1v) is 7.04. The van der Waals surface area contributed by atoms with Gasteiger partial charge in [0.15, 0.2) is 0 Å². The Hall–Kier alpha value is -1.65. The van der Waals surface area contributed by atoms with E-state index in [9.17, 15) is 10.1 Å². The van der Waals surface area contributed by atoms with Gasteiger partial charge in [0.05, 0.1) is 4.92 Å². The molecule has 1 aliphatic carbocycles. The molecular formula is C14H21N3O2. The Labute approximate surface area is 113 Å². The molecule has 5 nitrogen and oxygen atoms in total. The van der Waals surface area contributed by atoms with Gasteiger partial charge < -0.3 is 5.32 Å². The minimum Gasteiger partial charge on any atom is -0.367 e. The van der Waals surface area contributed by atoms with Crippen LogP contribution in [0.4, 0.5) is 11.5 Å². The number of anilines is 1. The van der Waals surface area contributed by atoms with Crippen LogP contribution in [-0.4, -0.2) is 15.9 Å². The third-order valence-electron chi connectivity index (χ3n) is 3.74. The highest BCUT2D eigenvalue weighted by Crippen LogP contribution is 2.23. The molecule has 104 valence electrons. The summed E-state index contributed by atoms with van der Waals surface area (Å²) in [6, 6.07) is 2.23. The Morgan fingerprint density at radius 2 is 1.89 bits per heavy atom. The molecule has 1 heterocycles. The molecule has 0 radical (unpaired) electrons. The maximum Gasteiger partial charge on any atom is 0.290 e. The van der Waals surface area contributed by atoms with E-state index in [4.69, 9.17) is 0 Å². The van der Waals surface area contributed by atoms with Crippen molar-refractivity contribution in [2.24, 2.45) is 0 Å². The molecule has 2 rings (SSSR count). The third kappa shape index (κ3) is 3.91. The molecular weight excluding hydrogens is 242 g/mol. The fourth-order valence-corrected chi connectivity index (χ4v) is 2.63. The Balaban J connectivity index is 2.01. The standard InChI is InChI=1S/C14H21N3O2/c1-11-9-14(15-10-13(11)17(18)19)16-12-7-5-3-2-4-6-8-12/h9-10,12H,2-8H2,1H3,(H,15,16). The minimum atomic E-state index is -0.387. The van der Waals surface area contributed by atoms with E-state index < -0.39 is 0 Å². The van der Waals surface area contributed by atoms with Crippen molar-refractivity contribution >= 4 is 11.5 Å². The maximum absolute atomic E-state index is 10.8. The van der Waals surface area contributed by atoms with E-state index in [0.717, 1.165) is 18.7 Å². The summed E-state index contributed by atoms with van der Waals surface area (Å²) in [5.41, 5.74) is 0.747. The van der Waals surface area contributed by atoms with Crippen LogP contribution in [0.3, 0.4) is 0 Å². The Kier molecular flexibility index (Phi) is 4.71. The van der Waals surface area contributed by atoms with Gasteiger partial charge in [0.25, 0.3) is 5.69 Å². The van der Waals surface area contributed by atoms with Gasteiger partial charge in [-0.15, -0.1) is 0 Å². The average molecular weight is 263 g/mol. The van der Waals surface area contributed by atoms with E-state index in [-0.39, 0.29) is 10.6 Å². The summed E-state index contributed by atoms with van der Waals surface area (Å²) in [5, 5.41) is 14.2. The fourth-order valence-electron chi connectivity index (χ4n) is 2.63. The first kappa shape index (κ1) is 13.8. The molecule has 0 aliphatic heterocycles. The summed E-state index contributed by atoms with van der Waals surface area (Å²) >= 11 is 0. The highest BCUT2D eigenvalue weighted by molar-refractivity contribution is 5.47. The normalized spacial score (nSPS) is 17.5. The van der Waals surface area contributed by atoms with Crippen LogP contribution in [0.25, 0.3) is 0 Å².